The molecule has 0 atom stereocenters. The van der Waals surface area contributed by atoms with Crippen LogP contribution in [-0.2, 0) is 11.2 Å². The number of nitrogens with zero attached hydrogens (tertiary/aromatic N) is 3. The lowest BCUT2D eigenvalue weighted by atomic mass is 10.1. The average Bonchev–Trinajstić information content (AvgIpc) is 2.67. The van der Waals surface area contributed by atoms with Crippen molar-refractivity contribution >= 4 is 17.3 Å². The monoisotopic (exact) mass is 355 g/mol. The van der Waals surface area contributed by atoms with Crippen LogP contribution in [0.2, 0.25) is 0 Å². The van der Waals surface area contributed by atoms with Gasteiger partial charge in [0.25, 0.3) is 0 Å². The van der Waals surface area contributed by atoms with Gasteiger partial charge in [-0.3, -0.25) is 4.79 Å². The van der Waals surface area contributed by atoms with E-state index in [1.165, 1.54) is 11.6 Å². The van der Waals surface area contributed by atoms with E-state index >= 15 is 0 Å². The molecule has 138 valence electrons. The molecule has 2 aromatic carbocycles. The number of para-hydroxylation sites is 1. The Balaban J connectivity index is 1.51. The van der Waals surface area contributed by atoms with Crippen molar-refractivity contribution in [2.45, 2.75) is 12.8 Å². The molecule has 5 heteroatoms. The third kappa shape index (κ3) is 4.34. The summed E-state index contributed by atoms with van der Waals surface area (Å²) < 4.78 is 13.9. The van der Waals surface area contributed by atoms with Crippen LogP contribution in [0.4, 0.5) is 15.8 Å². The maximum atomic E-state index is 13.9. The molecule has 26 heavy (non-hydrogen) atoms. The topological polar surface area (TPSA) is 26.8 Å². The van der Waals surface area contributed by atoms with Gasteiger partial charge in [-0.15, -0.1) is 0 Å². The fraction of sp³-hybridized carbons (Fsp3) is 0.381. The van der Waals surface area contributed by atoms with Gasteiger partial charge in [0.15, 0.2) is 0 Å². The minimum atomic E-state index is -0.201. The number of halogens is 1. The lowest BCUT2D eigenvalue weighted by molar-refractivity contribution is -0.131. The number of aryl methyl sites for hydroxylation is 1. The van der Waals surface area contributed by atoms with E-state index in [-0.39, 0.29) is 11.7 Å². The molecule has 0 aromatic heterocycles. The van der Waals surface area contributed by atoms with Crippen LogP contribution in [0.15, 0.2) is 48.5 Å². The Morgan fingerprint density at radius 1 is 1.04 bits per heavy atom. The number of piperazine rings is 1. The van der Waals surface area contributed by atoms with E-state index < -0.39 is 0 Å². The van der Waals surface area contributed by atoms with E-state index in [2.05, 4.69) is 23.1 Å². The quantitative estimate of drug-likeness (QED) is 0.824. The van der Waals surface area contributed by atoms with E-state index in [0.29, 0.717) is 38.3 Å². The third-order valence-corrected chi connectivity index (χ3v) is 4.88. The maximum Gasteiger partial charge on any atom is 0.223 e. The Morgan fingerprint density at radius 2 is 1.77 bits per heavy atom. The number of hydrogen-bond acceptors (Lipinski definition) is 3. The number of carbonyl (C=O) groups is 1. The van der Waals surface area contributed by atoms with Crippen molar-refractivity contribution in [2.24, 2.45) is 0 Å². The number of carbonyl (C=O) groups excluding carboxylic acids is 1. The standard InChI is InChI=1S/C21H26FN3O/c1-23(2)18-7-5-6-17(16-18)10-11-21(26)25-14-12-24(13-15-25)20-9-4-3-8-19(20)22/h3-9,16H,10-15H2,1-2H3. The third-order valence-electron chi connectivity index (χ3n) is 4.88. The fourth-order valence-corrected chi connectivity index (χ4v) is 3.30. The molecule has 1 aliphatic rings. The summed E-state index contributed by atoms with van der Waals surface area (Å²) in [6.45, 7) is 2.63. The van der Waals surface area contributed by atoms with Gasteiger partial charge in [-0.05, 0) is 36.2 Å². The first-order valence-corrected chi connectivity index (χ1v) is 9.08. The van der Waals surface area contributed by atoms with Gasteiger partial charge in [-0.25, -0.2) is 4.39 Å². The molecule has 0 spiro atoms. The minimum Gasteiger partial charge on any atom is -0.378 e. The van der Waals surface area contributed by atoms with Crippen LogP contribution in [0.1, 0.15) is 12.0 Å². The summed E-state index contributed by atoms with van der Waals surface area (Å²) in [7, 11) is 4.03. The molecule has 3 rings (SSSR count). The van der Waals surface area contributed by atoms with Crippen molar-refractivity contribution in [3.8, 4) is 0 Å². The zero-order valence-electron chi connectivity index (χ0n) is 15.5. The first-order chi connectivity index (χ1) is 12.5. The summed E-state index contributed by atoms with van der Waals surface area (Å²) in [5.74, 6) is -0.0264. The predicted octanol–water partition coefficient (Wildman–Crippen LogP) is 3.17. The largest absolute Gasteiger partial charge is 0.378 e. The minimum absolute atomic E-state index is 0.174. The van der Waals surface area contributed by atoms with Crippen LogP contribution < -0.4 is 9.80 Å². The fourth-order valence-electron chi connectivity index (χ4n) is 3.30. The molecular formula is C21H26FN3O. The molecule has 1 aliphatic heterocycles. The number of rotatable bonds is 5. The Bertz CT molecular complexity index is 754. The Hall–Kier alpha value is -2.56. The molecule has 0 unspecified atom stereocenters. The number of amides is 1. The SMILES string of the molecule is CN(C)c1cccc(CCC(=O)N2CCN(c3ccccc3F)CC2)c1. The van der Waals surface area contributed by atoms with Crippen LogP contribution in [0, 0.1) is 5.82 Å². The normalized spacial score (nSPS) is 14.4. The van der Waals surface area contributed by atoms with Crippen LogP contribution in [0.3, 0.4) is 0 Å². The van der Waals surface area contributed by atoms with Gasteiger partial charge >= 0.3 is 0 Å². The summed E-state index contributed by atoms with van der Waals surface area (Å²) in [5.41, 5.74) is 2.95. The van der Waals surface area contributed by atoms with Gasteiger partial charge in [0.2, 0.25) is 5.91 Å². The molecule has 2 aromatic rings. The van der Waals surface area contributed by atoms with Gasteiger partial charge in [-0.1, -0.05) is 24.3 Å². The lowest BCUT2D eigenvalue weighted by Crippen LogP contribution is -2.49. The van der Waals surface area contributed by atoms with E-state index in [1.54, 1.807) is 12.1 Å². The van der Waals surface area contributed by atoms with Crippen LogP contribution >= 0.6 is 0 Å². The highest BCUT2D eigenvalue weighted by Crippen LogP contribution is 2.21. The van der Waals surface area contributed by atoms with Gasteiger partial charge in [0.05, 0.1) is 5.69 Å². The molecule has 4 nitrogen and oxygen atoms in total. The average molecular weight is 355 g/mol. The Labute approximate surface area is 154 Å². The molecule has 1 saturated heterocycles. The zero-order chi connectivity index (χ0) is 18.5. The van der Waals surface area contributed by atoms with Crippen LogP contribution in [-0.4, -0.2) is 51.1 Å². The second kappa shape index (κ2) is 8.21. The maximum absolute atomic E-state index is 13.9. The van der Waals surface area contributed by atoms with Gasteiger partial charge in [0, 0.05) is 52.4 Å². The molecule has 0 radical (unpaired) electrons. The highest BCUT2D eigenvalue weighted by Gasteiger charge is 2.22. The summed E-state index contributed by atoms with van der Waals surface area (Å²) >= 11 is 0. The zero-order valence-corrected chi connectivity index (χ0v) is 15.5. The van der Waals surface area contributed by atoms with Crippen molar-refractivity contribution in [3.63, 3.8) is 0 Å². The molecule has 0 saturated carbocycles. The highest BCUT2D eigenvalue weighted by molar-refractivity contribution is 5.77. The Kier molecular flexibility index (Phi) is 5.76. The van der Waals surface area contributed by atoms with Crippen LogP contribution in [0.5, 0.6) is 0 Å². The molecule has 0 aliphatic carbocycles. The molecular weight excluding hydrogens is 329 g/mol. The van der Waals surface area contributed by atoms with Crippen LogP contribution in [0.25, 0.3) is 0 Å². The van der Waals surface area contributed by atoms with Crippen molar-refractivity contribution < 1.29 is 9.18 Å². The molecule has 1 fully saturated rings. The summed E-state index contributed by atoms with van der Waals surface area (Å²) in [6, 6.07) is 15.1. The smallest absolute Gasteiger partial charge is 0.223 e. The first-order valence-electron chi connectivity index (χ1n) is 9.08. The summed E-state index contributed by atoms with van der Waals surface area (Å²) in [5, 5.41) is 0. The van der Waals surface area contributed by atoms with Gasteiger partial charge < -0.3 is 14.7 Å². The summed E-state index contributed by atoms with van der Waals surface area (Å²) in [4.78, 5) is 18.5. The molecule has 1 amide bonds. The number of hydrogen-bond donors (Lipinski definition) is 0. The van der Waals surface area contributed by atoms with Gasteiger partial charge in [0.1, 0.15) is 5.82 Å². The van der Waals surface area contributed by atoms with E-state index in [4.69, 9.17) is 0 Å². The predicted molar refractivity (Wildman–Crippen MR) is 104 cm³/mol. The molecule has 0 N–H and O–H groups in total. The second-order valence-corrected chi connectivity index (χ2v) is 6.88. The Morgan fingerprint density at radius 3 is 2.46 bits per heavy atom. The van der Waals surface area contributed by atoms with Crippen molar-refractivity contribution in [3.05, 3.63) is 59.9 Å². The van der Waals surface area contributed by atoms with E-state index in [0.717, 1.165) is 12.1 Å². The van der Waals surface area contributed by atoms with Crippen molar-refractivity contribution in [1.82, 2.24) is 4.90 Å². The summed E-state index contributed by atoms with van der Waals surface area (Å²) in [6.07, 6.45) is 1.25. The number of benzene rings is 2. The second-order valence-electron chi connectivity index (χ2n) is 6.88. The van der Waals surface area contributed by atoms with Crippen molar-refractivity contribution in [2.75, 3.05) is 50.1 Å². The van der Waals surface area contributed by atoms with E-state index in [9.17, 15) is 9.18 Å². The first kappa shape index (κ1) is 18.2. The van der Waals surface area contributed by atoms with Crippen molar-refractivity contribution in [1.29, 1.82) is 0 Å². The number of anilines is 2. The molecule has 0 bridgehead atoms. The van der Waals surface area contributed by atoms with Gasteiger partial charge in [-0.2, -0.15) is 0 Å². The molecule has 1 heterocycles. The lowest BCUT2D eigenvalue weighted by Gasteiger charge is -2.36. The van der Waals surface area contributed by atoms with E-state index in [1.807, 2.05) is 36.0 Å². The highest BCUT2D eigenvalue weighted by atomic mass is 19.1.